The molecule has 4 nitrogen and oxygen atoms in total. The Bertz CT molecular complexity index is 671. The number of nitrogens with zero attached hydrogens (tertiary/aromatic N) is 2. The lowest BCUT2D eigenvalue weighted by Crippen LogP contribution is -2.10. The van der Waals surface area contributed by atoms with Crippen LogP contribution in [0.15, 0.2) is 109 Å². The number of hydrogen-bond acceptors (Lipinski definition) is 3. The van der Waals surface area contributed by atoms with E-state index in [1.54, 1.807) is 18.2 Å². The lowest BCUT2D eigenvalue weighted by atomic mass is 10.1. The molecule has 0 atom stereocenters. The van der Waals surface area contributed by atoms with E-state index < -0.39 is 5.97 Å². The summed E-state index contributed by atoms with van der Waals surface area (Å²) in [7, 11) is 0. The lowest BCUT2D eigenvalue weighted by Gasteiger charge is -2.06. The van der Waals surface area contributed by atoms with Gasteiger partial charge in [0.25, 0.3) is 0 Å². The zero-order valence-corrected chi connectivity index (χ0v) is 13.0. The molecule has 0 spiro atoms. The number of carboxylic acid groups (broad SMARTS) is 1. The number of hydrogen-bond donors (Lipinski definition) is 1. The molecule has 23 heavy (non-hydrogen) atoms. The molecule has 0 fully saturated rings. The zero-order valence-electron chi connectivity index (χ0n) is 13.0. The summed E-state index contributed by atoms with van der Waals surface area (Å²) in [5.74, 6) is -1.19. The molecule has 1 N–H and O–H groups in total. The average molecular weight is 308 g/mol. The Morgan fingerprint density at radius 3 is 1.96 bits per heavy atom. The van der Waals surface area contributed by atoms with Gasteiger partial charge in [-0.2, -0.15) is 0 Å². The number of carboxylic acids is 1. The fourth-order valence-electron chi connectivity index (χ4n) is 1.44. The maximum Gasteiger partial charge on any atom is 0.354 e. The van der Waals surface area contributed by atoms with Crippen LogP contribution in [0, 0.1) is 0 Å². The Labute approximate surface area is 137 Å². The molecule has 4 heteroatoms. The Kier molecular flexibility index (Phi) is 8.97. The van der Waals surface area contributed by atoms with Crippen molar-refractivity contribution in [2.75, 3.05) is 0 Å². The molecule has 0 aliphatic rings. The molecule has 0 heterocycles. The van der Waals surface area contributed by atoms with E-state index in [9.17, 15) is 4.79 Å². The largest absolute Gasteiger partial charge is 0.477 e. The molecule has 0 unspecified atom stereocenters. The molecule has 0 aromatic heterocycles. The van der Waals surface area contributed by atoms with Gasteiger partial charge in [0.05, 0.1) is 11.4 Å². The highest BCUT2D eigenvalue weighted by Crippen LogP contribution is 2.16. The van der Waals surface area contributed by atoms with Crippen LogP contribution in [-0.4, -0.2) is 22.5 Å². The highest BCUT2D eigenvalue weighted by molar-refractivity contribution is 6.40. The van der Waals surface area contributed by atoms with Gasteiger partial charge in [-0.25, -0.2) is 9.79 Å². The molecule has 0 bridgehead atoms. The molecular formula is C19H20N2O2. The van der Waals surface area contributed by atoms with Gasteiger partial charge in [0.2, 0.25) is 0 Å². The first kappa shape index (κ1) is 19.7. The molecule has 0 radical (unpaired) electrons. The van der Waals surface area contributed by atoms with E-state index >= 15 is 0 Å². The Morgan fingerprint density at radius 2 is 1.57 bits per heavy atom. The number of aliphatic imine (C=N–C) groups is 2. The highest BCUT2D eigenvalue weighted by Gasteiger charge is 2.09. The first-order valence-electron chi connectivity index (χ1n) is 6.57. The fourth-order valence-corrected chi connectivity index (χ4v) is 1.44. The van der Waals surface area contributed by atoms with Crippen LogP contribution in [-0.2, 0) is 4.79 Å². The van der Waals surface area contributed by atoms with Crippen molar-refractivity contribution < 1.29 is 9.90 Å². The summed E-state index contributed by atoms with van der Waals surface area (Å²) in [5, 5.41) is 9.08. The van der Waals surface area contributed by atoms with E-state index in [-0.39, 0.29) is 5.71 Å². The number of aliphatic carboxylic acids is 1. The van der Waals surface area contributed by atoms with Crippen LogP contribution < -0.4 is 0 Å². The van der Waals surface area contributed by atoms with Gasteiger partial charge in [-0.15, -0.1) is 0 Å². The summed E-state index contributed by atoms with van der Waals surface area (Å²) in [6.07, 6.45) is 10.4. The molecule has 0 aliphatic heterocycles. The molecule has 0 amide bonds. The van der Waals surface area contributed by atoms with E-state index in [4.69, 9.17) is 5.11 Å². The minimum absolute atomic E-state index is 0.210. The molecule has 0 aromatic rings. The molecule has 118 valence electrons. The van der Waals surface area contributed by atoms with Crippen LogP contribution in [0.3, 0.4) is 0 Å². The summed E-state index contributed by atoms with van der Waals surface area (Å²) < 4.78 is 0. The van der Waals surface area contributed by atoms with Crippen LogP contribution in [0.4, 0.5) is 0 Å². The Hall–Kier alpha value is -3.27. The second kappa shape index (κ2) is 10.5. The Balaban J connectivity index is 6.34. The summed E-state index contributed by atoms with van der Waals surface area (Å²) in [4.78, 5) is 19.3. The molecule has 0 aliphatic carbocycles. The van der Waals surface area contributed by atoms with Crippen LogP contribution in [0.5, 0.6) is 0 Å². The maximum atomic E-state index is 11.1. The zero-order chi connectivity index (χ0) is 17.8. The molecular weight excluding hydrogens is 288 g/mol. The predicted molar refractivity (Wildman–Crippen MR) is 98.8 cm³/mol. The third-order valence-electron chi connectivity index (χ3n) is 2.54. The third-order valence-corrected chi connectivity index (χ3v) is 2.54. The third kappa shape index (κ3) is 6.35. The highest BCUT2D eigenvalue weighted by atomic mass is 16.4. The van der Waals surface area contributed by atoms with Crippen molar-refractivity contribution in [2.45, 2.75) is 0 Å². The van der Waals surface area contributed by atoms with Crippen LogP contribution in [0.1, 0.15) is 0 Å². The van der Waals surface area contributed by atoms with E-state index in [1.165, 1.54) is 18.4 Å². The topological polar surface area (TPSA) is 62.0 Å². The standard InChI is InChI=1S/C19H20N2O2/c1-7-12-15(16(9-3)20-11-5)13-18(14(6)8-2)21-17(10-4)19(22)23/h7-13H,1-6H2,(H,22,23)/b15-12-,18-13+,20-16?,21-17?. The normalized spacial score (nSPS) is 13.0. The quantitative estimate of drug-likeness (QED) is 0.485. The van der Waals surface area contributed by atoms with Crippen molar-refractivity contribution in [3.05, 3.63) is 99.0 Å². The van der Waals surface area contributed by atoms with Gasteiger partial charge in [0, 0.05) is 11.8 Å². The van der Waals surface area contributed by atoms with Gasteiger partial charge < -0.3 is 5.11 Å². The second-order valence-corrected chi connectivity index (χ2v) is 4.02. The van der Waals surface area contributed by atoms with Crippen LogP contribution >= 0.6 is 0 Å². The first-order chi connectivity index (χ1) is 10.9. The van der Waals surface area contributed by atoms with E-state index in [0.29, 0.717) is 22.6 Å². The second-order valence-electron chi connectivity index (χ2n) is 4.02. The fraction of sp³-hybridized carbons (Fsp3) is 0. The minimum atomic E-state index is -1.19. The van der Waals surface area contributed by atoms with Gasteiger partial charge in [-0.3, -0.25) is 4.99 Å². The average Bonchev–Trinajstić information content (AvgIpc) is 2.54. The van der Waals surface area contributed by atoms with E-state index in [0.717, 1.165) is 6.08 Å². The van der Waals surface area contributed by atoms with Gasteiger partial charge in [-0.1, -0.05) is 57.7 Å². The SMILES string of the molecule is C=C/C=C(/C=C(/N=C(C=C)C(=O)O)C(=C)C=C)C(C=C)=NC=C. The molecule has 0 saturated heterocycles. The summed E-state index contributed by atoms with van der Waals surface area (Å²) >= 11 is 0. The lowest BCUT2D eigenvalue weighted by molar-refractivity contribution is -0.129. The van der Waals surface area contributed by atoms with E-state index in [1.807, 2.05) is 0 Å². The Morgan fingerprint density at radius 1 is 0.957 bits per heavy atom. The van der Waals surface area contributed by atoms with Crippen molar-refractivity contribution in [1.82, 2.24) is 0 Å². The molecule has 0 aromatic carbocycles. The number of allylic oxidation sites excluding steroid dienone is 6. The van der Waals surface area contributed by atoms with Gasteiger partial charge in [0.15, 0.2) is 0 Å². The minimum Gasteiger partial charge on any atom is -0.477 e. The van der Waals surface area contributed by atoms with Crippen molar-refractivity contribution in [3.63, 3.8) is 0 Å². The number of rotatable bonds is 10. The molecule has 0 rings (SSSR count). The monoisotopic (exact) mass is 308 g/mol. The van der Waals surface area contributed by atoms with Crippen molar-refractivity contribution in [1.29, 1.82) is 0 Å². The van der Waals surface area contributed by atoms with Gasteiger partial charge >= 0.3 is 5.97 Å². The smallest absolute Gasteiger partial charge is 0.354 e. The van der Waals surface area contributed by atoms with E-state index in [2.05, 4.69) is 49.5 Å². The first-order valence-corrected chi connectivity index (χ1v) is 6.57. The predicted octanol–water partition coefficient (Wildman–Crippen LogP) is 4.21. The van der Waals surface area contributed by atoms with Crippen molar-refractivity contribution in [2.24, 2.45) is 9.98 Å². The molecule has 0 saturated carbocycles. The van der Waals surface area contributed by atoms with Crippen LogP contribution in [0.25, 0.3) is 0 Å². The van der Waals surface area contributed by atoms with Gasteiger partial charge in [0.1, 0.15) is 5.71 Å². The van der Waals surface area contributed by atoms with Gasteiger partial charge in [-0.05, 0) is 23.8 Å². The van der Waals surface area contributed by atoms with Crippen LogP contribution in [0.2, 0.25) is 0 Å². The number of carbonyl (C=O) groups is 1. The summed E-state index contributed by atoms with van der Waals surface area (Å²) in [5.41, 5.74) is 1.69. The van der Waals surface area contributed by atoms with Crippen molar-refractivity contribution in [3.8, 4) is 0 Å². The summed E-state index contributed by atoms with van der Waals surface area (Å²) in [6, 6.07) is 0. The summed E-state index contributed by atoms with van der Waals surface area (Å²) in [6.45, 7) is 21.7. The maximum absolute atomic E-state index is 11.1. The van der Waals surface area contributed by atoms with Crippen molar-refractivity contribution >= 4 is 17.4 Å².